The lowest BCUT2D eigenvalue weighted by atomic mass is 10.0. The van der Waals surface area contributed by atoms with Crippen LogP contribution in [-0.2, 0) is 9.59 Å². The summed E-state index contributed by atoms with van der Waals surface area (Å²) in [5.41, 5.74) is 4.12. The molecule has 1 aromatic rings. The van der Waals surface area contributed by atoms with E-state index in [-0.39, 0.29) is 17.9 Å². The van der Waals surface area contributed by atoms with E-state index in [2.05, 4.69) is 32.6 Å². The Balaban J connectivity index is 2.63. The van der Waals surface area contributed by atoms with Gasteiger partial charge in [-0.25, -0.2) is 0 Å². The van der Waals surface area contributed by atoms with E-state index in [1.807, 2.05) is 34.6 Å². The zero-order valence-electron chi connectivity index (χ0n) is 14.0. The lowest BCUT2D eigenvalue weighted by molar-refractivity contribution is -0.122. The molecule has 0 aliphatic rings. The zero-order chi connectivity index (χ0) is 16.9. The molecule has 0 heterocycles. The van der Waals surface area contributed by atoms with Gasteiger partial charge in [0.2, 0.25) is 11.8 Å². The van der Waals surface area contributed by atoms with Gasteiger partial charge in [-0.05, 0) is 50.8 Å². The van der Waals surface area contributed by atoms with Crippen LogP contribution in [0.3, 0.4) is 0 Å². The largest absolute Gasteiger partial charge is 0.354 e. The van der Waals surface area contributed by atoms with E-state index in [1.54, 1.807) is 0 Å². The number of carbonyl (C=O) groups is 2. The molecule has 5 heteroatoms. The van der Waals surface area contributed by atoms with Crippen LogP contribution in [0.5, 0.6) is 0 Å². The molecule has 0 spiro atoms. The van der Waals surface area contributed by atoms with Gasteiger partial charge in [-0.15, -0.1) is 0 Å². The summed E-state index contributed by atoms with van der Waals surface area (Å²) < 4.78 is 1.02. The summed E-state index contributed by atoms with van der Waals surface area (Å²) in [6.07, 6.45) is 1.48. The van der Waals surface area contributed by atoms with Gasteiger partial charge in [0.15, 0.2) is 0 Å². The van der Waals surface area contributed by atoms with Crippen molar-refractivity contribution in [2.45, 2.75) is 59.9 Å². The molecular weight excluding hydrogens is 344 g/mol. The molecule has 1 rings (SSSR count). The van der Waals surface area contributed by atoms with Crippen molar-refractivity contribution in [2.24, 2.45) is 0 Å². The fraction of sp³-hybridized carbons (Fsp3) is 0.529. The number of amides is 2. The summed E-state index contributed by atoms with van der Waals surface area (Å²) in [7, 11) is 0. The number of hydrogen-bond acceptors (Lipinski definition) is 2. The Morgan fingerprint density at radius 2 is 1.82 bits per heavy atom. The summed E-state index contributed by atoms with van der Waals surface area (Å²) in [5, 5.41) is 5.85. The molecule has 0 bridgehead atoms. The van der Waals surface area contributed by atoms with Crippen LogP contribution in [0.4, 0.5) is 5.69 Å². The van der Waals surface area contributed by atoms with Crippen molar-refractivity contribution >= 4 is 33.4 Å². The zero-order valence-corrected chi connectivity index (χ0v) is 15.6. The number of benzene rings is 1. The first kappa shape index (κ1) is 18.7. The second-order valence-electron chi connectivity index (χ2n) is 5.73. The normalized spacial score (nSPS) is 11.9. The van der Waals surface area contributed by atoms with Crippen LogP contribution in [-0.4, -0.2) is 17.9 Å². The lowest BCUT2D eigenvalue weighted by Gasteiger charge is -2.16. The third kappa shape index (κ3) is 5.13. The minimum absolute atomic E-state index is 0.00477. The molecule has 1 aromatic carbocycles. The molecule has 0 fully saturated rings. The summed E-state index contributed by atoms with van der Waals surface area (Å²) in [5.74, 6) is -0.0124. The Morgan fingerprint density at radius 1 is 1.18 bits per heavy atom. The van der Waals surface area contributed by atoms with Crippen molar-refractivity contribution in [3.8, 4) is 0 Å². The van der Waals surface area contributed by atoms with Gasteiger partial charge in [0, 0.05) is 29.0 Å². The summed E-state index contributed by atoms with van der Waals surface area (Å²) in [4.78, 5) is 23.4. The fourth-order valence-corrected chi connectivity index (χ4v) is 2.67. The van der Waals surface area contributed by atoms with Crippen LogP contribution in [0.1, 0.15) is 49.8 Å². The van der Waals surface area contributed by atoms with E-state index < -0.39 is 0 Å². The molecule has 0 saturated heterocycles. The van der Waals surface area contributed by atoms with Crippen LogP contribution in [0.15, 0.2) is 10.5 Å². The first-order valence-electron chi connectivity index (χ1n) is 7.61. The minimum Gasteiger partial charge on any atom is -0.354 e. The number of nitrogens with one attached hydrogen (secondary N) is 2. The maximum absolute atomic E-state index is 12.1. The maximum Gasteiger partial charge on any atom is 0.224 e. The third-order valence-electron chi connectivity index (χ3n) is 3.68. The average Bonchev–Trinajstić information content (AvgIpc) is 2.47. The summed E-state index contributed by atoms with van der Waals surface area (Å²) in [6.45, 7) is 9.75. The Labute approximate surface area is 141 Å². The predicted molar refractivity (Wildman–Crippen MR) is 94.1 cm³/mol. The van der Waals surface area contributed by atoms with Gasteiger partial charge in [0.1, 0.15) is 0 Å². The van der Waals surface area contributed by atoms with Gasteiger partial charge in [0.05, 0.1) is 0 Å². The van der Waals surface area contributed by atoms with Crippen molar-refractivity contribution in [2.75, 3.05) is 5.32 Å². The number of rotatable bonds is 6. The predicted octanol–water partition coefficient (Wildman–Crippen LogP) is 4.01. The van der Waals surface area contributed by atoms with Crippen LogP contribution < -0.4 is 10.6 Å². The highest BCUT2D eigenvalue weighted by atomic mass is 79.9. The monoisotopic (exact) mass is 368 g/mol. The lowest BCUT2D eigenvalue weighted by Crippen LogP contribution is -2.32. The highest BCUT2D eigenvalue weighted by Crippen LogP contribution is 2.30. The number of anilines is 1. The molecule has 122 valence electrons. The van der Waals surface area contributed by atoms with E-state index in [9.17, 15) is 9.59 Å². The molecule has 0 radical (unpaired) electrons. The highest BCUT2D eigenvalue weighted by Gasteiger charge is 2.13. The Bertz CT molecular complexity index is 570. The van der Waals surface area contributed by atoms with E-state index in [0.29, 0.717) is 19.3 Å². The molecule has 0 saturated carbocycles. The quantitative estimate of drug-likeness (QED) is 0.796. The van der Waals surface area contributed by atoms with Gasteiger partial charge in [-0.2, -0.15) is 0 Å². The van der Waals surface area contributed by atoms with Crippen molar-refractivity contribution in [1.29, 1.82) is 0 Å². The van der Waals surface area contributed by atoms with Crippen molar-refractivity contribution < 1.29 is 9.59 Å². The summed E-state index contributed by atoms with van der Waals surface area (Å²) >= 11 is 3.55. The molecular formula is C17H25BrN2O2. The number of aryl methyl sites for hydroxylation is 2. The van der Waals surface area contributed by atoms with Gasteiger partial charge in [0.25, 0.3) is 0 Å². The van der Waals surface area contributed by atoms with Gasteiger partial charge >= 0.3 is 0 Å². The van der Waals surface area contributed by atoms with Crippen molar-refractivity contribution in [3.63, 3.8) is 0 Å². The molecule has 22 heavy (non-hydrogen) atoms. The molecule has 1 unspecified atom stereocenters. The maximum atomic E-state index is 12.1. The standard InChI is InChI=1S/C17H25BrN2O2/c1-6-14(21)19-12(4)7-8-15(22)20-17-11(3)9-10(2)16(18)13(17)5/h9,12H,6-8H2,1-5H3,(H,19,21)(H,20,22). The molecule has 4 nitrogen and oxygen atoms in total. The Morgan fingerprint density at radius 3 is 2.41 bits per heavy atom. The van der Waals surface area contributed by atoms with Gasteiger partial charge in [-0.1, -0.05) is 28.9 Å². The molecule has 0 aliphatic carbocycles. The molecule has 1 atom stereocenters. The Hall–Kier alpha value is -1.36. The molecule has 2 N–H and O–H groups in total. The van der Waals surface area contributed by atoms with Gasteiger partial charge in [-0.3, -0.25) is 9.59 Å². The smallest absolute Gasteiger partial charge is 0.224 e. The number of carbonyl (C=O) groups excluding carboxylic acids is 2. The SMILES string of the molecule is CCC(=O)NC(C)CCC(=O)Nc1c(C)cc(C)c(Br)c1C. The van der Waals surface area contributed by atoms with Gasteiger partial charge < -0.3 is 10.6 Å². The van der Waals surface area contributed by atoms with Crippen LogP contribution >= 0.6 is 15.9 Å². The third-order valence-corrected chi connectivity index (χ3v) is 4.90. The molecule has 0 aromatic heterocycles. The van der Waals surface area contributed by atoms with Crippen LogP contribution in [0, 0.1) is 20.8 Å². The number of hydrogen-bond donors (Lipinski definition) is 2. The number of halogens is 1. The van der Waals surface area contributed by atoms with E-state index in [1.165, 1.54) is 0 Å². The first-order valence-corrected chi connectivity index (χ1v) is 8.41. The topological polar surface area (TPSA) is 58.2 Å². The fourth-order valence-electron chi connectivity index (χ4n) is 2.35. The van der Waals surface area contributed by atoms with E-state index in [4.69, 9.17) is 0 Å². The van der Waals surface area contributed by atoms with Crippen molar-refractivity contribution in [3.05, 3.63) is 27.2 Å². The molecule has 2 amide bonds. The average molecular weight is 369 g/mol. The van der Waals surface area contributed by atoms with E-state index in [0.717, 1.165) is 26.9 Å². The first-order chi connectivity index (χ1) is 10.3. The van der Waals surface area contributed by atoms with Crippen molar-refractivity contribution in [1.82, 2.24) is 5.32 Å². The second-order valence-corrected chi connectivity index (χ2v) is 6.53. The highest BCUT2D eigenvalue weighted by molar-refractivity contribution is 9.10. The second kappa shape index (κ2) is 8.32. The Kier molecular flexibility index (Phi) is 7.07. The minimum atomic E-state index is -0.0282. The summed E-state index contributed by atoms with van der Waals surface area (Å²) in [6, 6.07) is 2.06. The van der Waals surface area contributed by atoms with Crippen LogP contribution in [0.25, 0.3) is 0 Å². The van der Waals surface area contributed by atoms with E-state index >= 15 is 0 Å². The van der Waals surface area contributed by atoms with Crippen LogP contribution in [0.2, 0.25) is 0 Å². The molecule has 0 aliphatic heterocycles.